The number of halogens is 2. The van der Waals surface area contributed by atoms with Crippen molar-refractivity contribution in [1.82, 2.24) is 0 Å². The van der Waals surface area contributed by atoms with E-state index in [-0.39, 0.29) is 17.1 Å². The summed E-state index contributed by atoms with van der Waals surface area (Å²) >= 11 is 0. The van der Waals surface area contributed by atoms with E-state index >= 15 is 0 Å². The molecule has 0 saturated heterocycles. The first kappa shape index (κ1) is 13.5. The van der Waals surface area contributed by atoms with E-state index in [2.05, 4.69) is 0 Å². The Hall–Kier alpha value is -1.56. The third-order valence-electron chi connectivity index (χ3n) is 2.35. The zero-order chi connectivity index (χ0) is 13.0. The van der Waals surface area contributed by atoms with Crippen molar-refractivity contribution in [2.24, 2.45) is 5.73 Å². The summed E-state index contributed by atoms with van der Waals surface area (Å²) in [5.41, 5.74) is 5.76. The normalized spacial score (nSPS) is 12.6. The number of phenols is 1. The number of aromatic hydroxyl groups is 1. The lowest BCUT2D eigenvalue weighted by Gasteiger charge is -2.17. The second kappa shape index (κ2) is 5.67. The topological polar surface area (TPSA) is 64.7 Å². The molecular weight excluding hydrogens is 232 g/mol. The fourth-order valence-electron chi connectivity index (χ4n) is 1.56. The van der Waals surface area contributed by atoms with Crippen molar-refractivity contribution >= 4 is 0 Å². The Morgan fingerprint density at radius 3 is 2.41 bits per heavy atom. The fraction of sp³-hybridized carbons (Fsp3) is 0.455. The molecule has 0 spiro atoms. The second-order valence-corrected chi connectivity index (χ2v) is 3.50. The van der Waals surface area contributed by atoms with E-state index < -0.39 is 18.9 Å². The Kier molecular flexibility index (Phi) is 4.51. The molecule has 0 unspecified atom stereocenters. The Morgan fingerprint density at radius 1 is 1.29 bits per heavy atom. The summed E-state index contributed by atoms with van der Waals surface area (Å²) in [5, 5.41) is 9.73. The van der Waals surface area contributed by atoms with E-state index in [1.165, 1.54) is 26.4 Å². The van der Waals surface area contributed by atoms with Crippen LogP contribution in [0.5, 0.6) is 17.2 Å². The van der Waals surface area contributed by atoms with Crippen molar-refractivity contribution in [3.63, 3.8) is 0 Å². The summed E-state index contributed by atoms with van der Waals surface area (Å²) in [6.07, 6.45) is -3.09. The quantitative estimate of drug-likeness (QED) is 0.836. The number of alkyl halides is 2. The molecule has 17 heavy (non-hydrogen) atoms. The molecule has 0 saturated carbocycles. The maximum absolute atomic E-state index is 12.3. The number of nitrogens with two attached hydrogens (primary N) is 1. The van der Waals surface area contributed by atoms with Crippen molar-refractivity contribution in [2.75, 3.05) is 14.2 Å². The largest absolute Gasteiger partial charge is 0.507 e. The molecule has 0 radical (unpaired) electrons. The van der Waals surface area contributed by atoms with Crippen LogP contribution >= 0.6 is 0 Å². The van der Waals surface area contributed by atoms with Gasteiger partial charge in [0.15, 0.2) is 0 Å². The molecule has 1 aromatic carbocycles. The third-order valence-corrected chi connectivity index (χ3v) is 2.35. The van der Waals surface area contributed by atoms with Gasteiger partial charge < -0.3 is 20.3 Å². The van der Waals surface area contributed by atoms with Gasteiger partial charge in [0.2, 0.25) is 6.43 Å². The predicted molar refractivity (Wildman–Crippen MR) is 58.8 cm³/mol. The highest BCUT2D eigenvalue weighted by molar-refractivity contribution is 5.51. The van der Waals surface area contributed by atoms with E-state index in [0.717, 1.165) is 0 Å². The van der Waals surface area contributed by atoms with Crippen LogP contribution < -0.4 is 15.2 Å². The molecular formula is C11H15F2NO3. The summed E-state index contributed by atoms with van der Waals surface area (Å²) < 4.78 is 34.4. The first-order chi connectivity index (χ1) is 7.99. The number of methoxy groups -OCH3 is 2. The van der Waals surface area contributed by atoms with Gasteiger partial charge in [0.1, 0.15) is 17.2 Å². The molecule has 0 aromatic heterocycles. The van der Waals surface area contributed by atoms with Crippen molar-refractivity contribution in [3.05, 3.63) is 17.7 Å². The van der Waals surface area contributed by atoms with Gasteiger partial charge in [-0.3, -0.25) is 0 Å². The van der Waals surface area contributed by atoms with E-state index in [0.29, 0.717) is 5.75 Å². The first-order valence-corrected chi connectivity index (χ1v) is 4.98. The van der Waals surface area contributed by atoms with Gasteiger partial charge in [-0.15, -0.1) is 0 Å². The molecule has 3 N–H and O–H groups in total. The van der Waals surface area contributed by atoms with E-state index in [1.807, 2.05) is 0 Å². The molecule has 0 aliphatic carbocycles. The average Bonchev–Trinajstić information content (AvgIpc) is 2.26. The van der Waals surface area contributed by atoms with Gasteiger partial charge in [-0.05, 0) is 0 Å². The molecule has 0 aliphatic heterocycles. The Labute approximate surface area is 97.9 Å². The van der Waals surface area contributed by atoms with Crippen LogP contribution in [0.2, 0.25) is 0 Å². The predicted octanol–water partition coefficient (Wildman–Crippen LogP) is 2.06. The molecule has 0 bridgehead atoms. The molecule has 0 heterocycles. The lowest BCUT2D eigenvalue weighted by molar-refractivity contribution is 0.127. The number of hydrogen-bond donors (Lipinski definition) is 2. The van der Waals surface area contributed by atoms with Gasteiger partial charge in [0.05, 0.1) is 19.8 Å². The Balaban J connectivity index is 3.13. The molecule has 1 rings (SSSR count). The number of ether oxygens (including phenoxy) is 2. The highest BCUT2D eigenvalue weighted by Gasteiger charge is 2.21. The molecule has 4 nitrogen and oxygen atoms in total. The van der Waals surface area contributed by atoms with Gasteiger partial charge in [0.25, 0.3) is 0 Å². The van der Waals surface area contributed by atoms with E-state index in [9.17, 15) is 13.9 Å². The first-order valence-electron chi connectivity index (χ1n) is 4.98. The van der Waals surface area contributed by atoms with Crippen LogP contribution in [0.25, 0.3) is 0 Å². The SMILES string of the molecule is COc1cc(O)c([C@@H](N)CC(F)F)c(OC)c1. The van der Waals surface area contributed by atoms with Crippen LogP contribution in [0.3, 0.4) is 0 Å². The molecule has 96 valence electrons. The van der Waals surface area contributed by atoms with Gasteiger partial charge in [-0.1, -0.05) is 0 Å². The number of benzene rings is 1. The van der Waals surface area contributed by atoms with Crippen molar-refractivity contribution in [3.8, 4) is 17.2 Å². The van der Waals surface area contributed by atoms with Crippen LogP contribution in [0.4, 0.5) is 8.78 Å². The summed E-state index contributed by atoms with van der Waals surface area (Å²) in [5.74, 6) is 0.386. The highest BCUT2D eigenvalue weighted by Crippen LogP contribution is 2.38. The number of phenolic OH excluding ortho intramolecular Hbond substituents is 1. The van der Waals surface area contributed by atoms with Crippen LogP contribution in [-0.4, -0.2) is 25.8 Å². The molecule has 0 aliphatic rings. The average molecular weight is 247 g/mol. The third kappa shape index (κ3) is 3.20. The molecule has 1 atom stereocenters. The molecule has 6 heteroatoms. The van der Waals surface area contributed by atoms with E-state index in [4.69, 9.17) is 15.2 Å². The molecule has 0 amide bonds. The summed E-state index contributed by atoms with van der Waals surface area (Å²) in [6, 6.07) is 1.81. The minimum Gasteiger partial charge on any atom is -0.507 e. The summed E-state index contributed by atoms with van der Waals surface area (Å²) in [6.45, 7) is 0. The van der Waals surface area contributed by atoms with Gasteiger partial charge >= 0.3 is 0 Å². The Morgan fingerprint density at radius 2 is 1.94 bits per heavy atom. The minimum atomic E-state index is -2.55. The highest BCUT2D eigenvalue weighted by atomic mass is 19.3. The van der Waals surface area contributed by atoms with Crippen LogP contribution in [-0.2, 0) is 0 Å². The van der Waals surface area contributed by atoms with Gasteiger partial charge in [-0.2, -0.15) is 0 Å². The number of hydrogen-bond acceptors (Lipinski definition) is 4. The summed E-state index contributed by atoms with van der Waals surface area (Å²) in [4.78, 5) is 0. The van der Waals surface area contributed by atoms with Gasteiger partial charge in [-0.25, -0.2) is 8.78 Å². The lowest BCUT2D eigenvalue weighted by Crippen LogP contribution is -2.15. The van der Waals surface area contributed by atoms with E-state index in [1.54, 1.807) is 0 Å². The van der Waals surface area contributed by atoms with Crippen molar-refractivity contribution in [2.45, 2.75) is 18.9 Å². The second-order valence-electron chi connectivity index (χ2n) is 3.50. The molecule has 0 fully saturated rings. The van der Waals surface area contributed by atoms with Crippen LogP contribution in [0, 0.1) is 0 Å². The lowest BCUT2D eigenvalue weighted by atomic mass is 10.0. The smallest absolute Gasteiger partial charge is 0.240 e. The maximum Gasteiger partial charge on any atom is 0.240 e. The van der Waals surface area contributed by atoms with Crippen molar-refractivity contribution < 1.29 is 23.4 Å². The Bertz CT molecular complexity index is 385. The van der Waals surface area contributed by atoms with Crippen LogP contribution in [0.15, 0.2) is 12.1 Å². The van der Waals surface area contributed by atoms with Crippen LogP contribution in [0.1, 0.15) is 18.0 Å². The maximum atomic E-state index is 12.3. The van der Waals surface area contributed by atoms with Crippen molar-refractivity contribution in [1.29, 1.82) is 0 Å². The minimum absolute atomic E-state index is 0.161. The zero-order valence-corrected chi connectivity index (χ0v) is 9.61. The molecule has 1 aromatic rings. The number of rotatable bonds is 5. The summed E-state index contributed by atoms with van der Waals surface area (Å²) in [7, 11) is 2.79. The zero-order valence-electron chi connectivity index (χ0n) is 9.61. The monoisotopic (exact) mass is 247 g/mol. The fourth-order valence-corrected chi connectivity index (χ4v) is 1.56. The van der Waals surface area contributed by atoms with Gasteiger partial charge in [0, 0.05) is 24.6 Å². The standard InChI is InChI=1S/C11H15F2NO3/c1-16-6-3-8(15)11(9(4-6)17-2)7(14)5-10(12)13/h3-4,7,10,15H,5,14H2,1-2H3/t7-/m0/s1.